The maximum absolute atomic E-state index is 13.1. The summed E-state index contributed by atoms with van der Waals surface area (Å²) in [5, 5.41) is 4.56. The van der Waals surface area contributed by atoms with Crippen LogP contribution in [0.1, 0.15) is 52.8 Å². The summed E-state index contributed by atoms with van der Waals surface area (Å²) in [5.74, 6) is -0.905. The molecule has 0 spiro atoms. The number of hydrogen-bond acceptors (Lipinski definition) is 11. The predicted octanol–water partition coefficient (Wildman–Crippen LogP) is 4.68. The Balaban J connectivity index is 0.618. The minimum Gasteiger partial charge on any atom is -0.474 e. The molecule has 6 heterocycles. The van der Waals surface area contributed by atoms with Crippen molar-refractivity contribution in [2.45, 2.75) is 50.4 Å². The molecule has 4 aliphatic rings. The van der Waals surface area contributed by atoms with Crippen molar-refractivity contribution in [2.24, 2.45) is 13.0 Å². The molecule has 1 saturated carbocycles. The molecule has 1 N–H and O–H groups in total. The number of nitrogens with zero attached hydrogens (tertiary/aromatic N) is 5. The minimum absolute atomic E-state index is 0.0901. The second-order valence-electron chi connectivity index (χ2n) is 15.2. The van der Waals surface area contributed by atoms with Crippen LogP contribution >= 0.6 is 0 Å². The monoisotopic (exact) mass is 772 g/mol. The predicted molar refractivity (Wildman–Crippen MR) is 210 cm³/mol. The molecule has 1 aliphatic carbocycles. The Morgan fingerprint density at radius 3 is 2.37 bits per heavy atom. The van der Waals surface area contributed by atoms with Crippen LogP contribution in [0.2, 0.25) is 0 Å². The molecule has 14 heteroatoms. The fourth-order valence-electron chi connectivity index (χ4n) is 8.24. The smallest absolute Gasteiger partial charge is 0.262 e. The van der Waals surface area contributed by atoms with Gasteiger partial charge in [-0.3, -0.25) is 34.4 Å². The first-order valence-electron chi connectivity index (χ1n) is 19.6. The molecule has 0 bridgehead atoms. The zero-order valence-corrected chi connectivity index (χ0v) is 31.7. The van der Waals surface area contributed by atoms with E-state index in [1.807, 2.05) is 36.8 Å². The topological polar surface area (TPSA) is 154 Å². The quantitative estimate of drug-likeness (QED) is 0.117. The zero-order chi connectivity index (χ0) is 39.0. The van der Waals surface area contributed by atoms with Crippen LogP contribution < -0.4 is 15.0 Å². The Bertz CT molecular complexity index is 2350. The van der Waals surface area contributed by atoms with E-state index >= 15 is 0 Å². The molecule has 1 atom stereocenters. The Hall–Kier alpha value is -5.70. The van der Waals surface area contributed by atoms with Gasteiger partial charge in [0.1, 0.15) is 12.1 Å². The molecule has 1 unspecified atom stereocenters. The van der Waals surface area contributed by atoms with Gasteiger partial charge < -0.3 is 28.4 Å². The molecule has 9 rings (SSSR count). The van der Waals surface area contributed by atoms with Gasteiger partial charge in [-0.25, -0.2) is 4.98 Å². The number of carbonyl (C=O) groups excluding carboxylic acids is 4. The Morgan fingerprint density at radius 2 is 1.56 bits per heavy atom. The number of hydrogen-bond donors (Lipinski definition) is 1. The van der Waals surface area contributed by atoms with E-state index in [0.29, 0.717) is 50.4 Å². The number of nitrogens with one attached hydrogen (secondary N) is 1. The van der Waals surface area contributed by atoms with Crippen LogP contribution in [0, 0.1) is 5.92 Å². The fourth-order valence-corrected chi connectivity index (χ4v) is 8.24. The second-order valence-corrected chi connectivity index (χ2v) is 15.2. The van der Waals surface area contributed by atoms with Crippen LogP contribution in [0.5, 0.6) is 5.88 Å². The van der Waals surface area contributed by atoms with Gasteiger partial charge in [0, 0.05) is 98.2 Å². The number of aryl methyl sites for hydroxylation is 1. The van der Waals surface area contributed by atoms with Gasteiger partial charge in [-0.2, -0.15) is 0 Å². The Morgan fingerprint density at radius 1 is 0.772 bits per heavy atom. The molecule has 2 aromatic carbocycles. The summed E-state index contributed by atoms with van der Waals surface area (Å²) in [6.45, 7) is 4.34. The lowest BCUT2D eigenvalue weighted by molar-refractivity contribution is -0.136. The number of piperidine rings is 1. The molecule has 14 nitrogen and oxygen atoms in total. The number of anilines is 1. The van der Waals surface area contributed by atoms with E-state index < -0.39 is 29.7 Å². The van der Waals surface area contributed by atoms with E-state index in [2.05, 4.69) is 56.1 Å². The summed E-state index contributed by atoms with van der Waals surface area (Å²) in [6, 6.07) is 16.8. The van der Waals surface area contributed by atoms with E-state index in [4.69, 9.17) is 18.9 Å². The number of rotatable bonds is 15. The largest absolute Gasteiger partial charge is 0.474 e. The van der Waals surface area contributed by atoms with E-state index in [0.717, 1.165) is 70.5 Å². The van der Waals surface area contributed by atoms with Crippen molar-refractivity contribution in [1.29, 1.82) is 0 Å². The van der Waals surface area contributed by atoms with Gasteiger partial charge in [0.25, 0.3) is 11.8 Å². The maximum atomic E-state index is 13.1. The van der Waals surface area contributed by atoms with Gasteiger partial charge in [0.15, 0.2) is 0 Å². The van der Waals surface area contributed by atoms with Crippen molar-refractivity contribution in [3.63, 3.8) is 0 Å². The molecule has 3 aromatic heterocycles. The standard InChI is InChI=1S/C43H44N6O8/c1-47-36-10-12-44-23-35(36)32-5-2-27(18-38(32)47)28-3-9-40(45-22-28)57-31-20-30(21-31)56-17-16-55-15-14-54-13-11-26-24-48(25-26)29-4-6-33-34(19-29)43(53)49(42(33)52)37-7-8-39(50)46-41(37)51/h2-6,9-10,12,18-19,22-23,26,30-31,37H,7-8,11,13-17,20-21,24-25H2,1H3,(H,46,50,51). The summed E-state index contributed by atoms with van der Waals surface area (Å²) in [7, 11) is 2.08. The van der Waals surface area contributed by atoms with Crippen LogP contribution in [0.3, 0.4) is 0 Å². The first-order valence-corrected chi connectivity index (χ1v) is 19.6. The number of imide groups is 2. The average molecular weight is 773 g/mol. The summed E-state index contributed by atoms with van der Waals surface area (Å²) in [4.78, 5) is 62.0. The van der Waals surface area contributed by atoms with Gasteiger partial charge in [-0.15, -0.1) is 0 Å². The summed E-state index contributed by atoms with van der Waals surface area (Å²) < 4.78 is 25.7. The highest BCUT2D eigenvalue weighted by molar-refractivity contribution is 6.23. The third kappa shape index (κ3) is 7.36. The van der Waals surface area contributed by atoms with E-state index in [-0.39, 0.29) is 30.6 Å². The number of carbonyl (C=O) groups is 4. The lowest BCUT2D eigenvalue weighted by Crippen LogP contribution is -2.54. The van der Waals surface area contributed by atoms with Gasteiger partial charge in [0.05, 0.1) is 49.2 Å². The highest BCUT2D eigenvalue weighted by Gasteiger charge is 2.45. The van der Waals surface area contributed by atoms with E-state index in [9.17, 15) is 19.2 Å². The number of benzene rings is 2. The number of aromatic nitrogens is 3. The third-order valence-electron chi connectivity index (χ3n) is 11.6. The molecule has 2 saturated heterocycles. The van der Waals surface area contributed by atoms with Crippen LogP contribution in [0.4, 0.5) is 5.69 Å². The van der Waals surface area contributed by atoms with Crippen molar-refractivity contribution in [1.82, 2.24) is 24.8 Å². The van der Waals surface area contributed by atoms with Gasteiger partial charge in [-0.1, -0.05) is 12.1 Å². The van der Waals surface area contributed by atoms with Crippen LogP contribution in [0.15, 0.2) is 73.2 Å². The van der Waals surface area contributed by atoms with E-state index in [1.165, 1.54) is 5.39 Å². The van der Waals surface area contributed by atoms with Crippen molar-refractivity contribution >= 4 is 51.1 Å². The van der Waals surface area contributed by atoms with Crippen molar-refractivity contribution < 1.29 is 38.1 Å². The molecule has 0 radical (unpaired) electrons. The Kier molecular flexibility index (Phi) is 10.2. The molecular weight excluding hydrogens is 729 g/mol. The third-order valence-corrected chi connectivity index (χ3v) is 11.6. The van der Waals surface area contributed by atoms with Crippen LogP contribution in [-0.2, 0) is 30.8 Å². The number of ether oxygens (including phenoxy) is 4. The van der Waals surface area contributed by atoms with Crippen LogP contribution in [-0.4, -0.2) is 107 Å². The van der Waals surface area contributed by atoms with Gasteiger partial charge >= 0.3 is 0 Å². The van der Waals surface area contributed by atoms with Gasteiger partial charge in [0.2, 0.25) is 17.7 Å². The fraction of sp³-hybridized carbons (Fsp3) is 0.395. The molecule has 4 amide bonds. The lowest BCUT2D eigenvalue weighted by Gasteiger charge is -2.41. The zero-order valence-electron chi connectivity index (χ0n) is 31.7. The van der Waals surface area contributed by atoms with Gasteiger partial charge in [-0.05, 0) is 60.7 Å². The minimum atomic E-state index is -0.967. The number of amides is 4. The normalized spacial score (nSPS) is 20.9. The number of fused-ring (bicyclic) bond motifs is 4. The maximum Gasteiger partial charge on any atom is 0.262 e. The molecular formula is C43H44N6O8. The summed E-state index contributed by atoms with van der Waals surface area (Å²) in [5.41, 5.74) is 5.91. The van der Waals surface area contributed by atoms with Crippen molar-refractivity contribution in [2.75, 3.05) is 51.0 Å². The Labute approximate surface area is 329 Å². The molecule has 3 aliphatic heterocycles. The number of pyridine rings is 2. The average Bonchev–Trinajstić information content (AvgIpc) is 3.61. The van der Waals surface area contributed by atoms with Crippen molar-refractivity contribution in [3.8, 4) is 17.0 Å². The van der Waals surface area contributed by atoms with E-state index in [1.54, 1.807) is 12.1 Å². The molecule has 3 fully saturated rings. The molecule has 57 heavy (non-hydrogen) atoms. The SMILES string of the molecule is Cn1c2ccncc2c2ccc(-c3ccc(OC4CC(OCCOCCOCCC5CN(c6ccc7c(c6)C(=O)N(C6CCC(=O)NC6=O)C7=O)C5)C4)nc3)cc21. The highest BCUT2D eigenvalue weighted by Crippen LogP contribution is 2.35. The van der Waals surface area contributed by atoms with Crippen LogP contribution in [0.25, 0.3) is 32.9 Å². The molecule has 5 aromatic rings. The highest BCUT2D eigenvalue weighted by atomic mass is 16.6. The molecule has 294 valence electrons. The lowest BCUT2D eigenvalue weighted by atomic mass is 9.92. The first kappa shape index (κ1) is 36.9. The summed E-state index contributed by atoms with van der Waals surface area (Å²) >= 11 is 0. The summed E-state index contributed by atoms with van der Waals surface area (Å²) in [6.07, 6.45) is 8.65. The first-order chi connectivity index (χ1) is 27.8. The second kappa shape index (κ2) is 15.7. The van der Waals surface area contributed by atoms with Crippen molar-refractivity contribution in [3.05, 3.63) is 84.3 Å².